The molecule has 0 saturated heterocycles. The van der Waals surface area contributed by atoms with Crippen molar-refractivity contribution in [2.24, 2.45) is 58.7 Å². The summed E-state index contributed by atoms with van der Waals surface area (Å²) in [7, 11) is 0. The van der Waals surface area contributed by atoms with Gasteiger partial charge in [-0.05, 0) is 115 Å². The highest BCUT2D eigenvalue weighted by atomic mass is 15.3. The zero-order valence-electron chi connectivity index (χ0n) is 21.2. The zero-order chi connectivity index (χ0) is 21.9. The maximum absolute atomic E-state index is 4.73. The molecule has 10 atom stereocenters. The van der Waals surface area contributed by atoms with E-state index in [4.69, 9.17) is 5.10 Å². The van der Waals surface area contributed by atoms with Crippen LogP contribution in [0, 0.1) is 58.7 Å². The molecule has 0 radical (unpaired) electrons. The fourth-order valence-electron chi connectivity index (χ4n) is 9.77. The van der Waals surface area contributed by atoms with Crippen LogP contribution in [0.25, 0.3) is 0 Å². The van der Waals surface area contributed by atoms with Gasteiger partial charge in [-0.15, -0.1) is 0 Å². The predicted octanol–water partition coefficient (Wildman–Crippen LogP) is 7.79. The smallest absolute Gasteiger partial charge is 0.0524 e. The van der Waals surface area contributed by atoms with Crippen molar-refractivity contribution >= 4 is 0 Å². The largest absolute Gasteiger partial charge is 0.272 e. The molecule has 10 unspecified atom stereocenters. The first-order valence-corrected chi connectivity index (χ1v) is 13.8. The molecule has 0 N–H and O–H groups in total. The van der Waals surface area contributed by atoms with Gasteiger partial charge in [-0.1, -0.05) is 48.0 Å². The standard InChI is InChI=1S/C29H48N2/c1-18(2)23-15-30-31(17-23)16-21(5)27-14-20(4)28-26-10-8-22-13-19(3)7-9-24(22)25(26)11-12-29(27,28)6/h15,17-22,24-28H,7-14,16H2,1-6H3. The molecule has 4 aliphatic carbocycles. The summed E-state index contributed by atoms with van der Waals surface area (Å²) in [6, 6.07) is 0. The summed E-state index contributed by atoms with van der Waals surface area (Å²) in [5.41, 5.74) is 1.94. The van der Waals surface area contributed by atoms with Gasteiger partial charge in [-0.25, -0.2) is 0 Å². The Hall–Kier alpha value is -0.790. The van der Waals surface area contributed by atoms with Crippen molar-refractivity contribution in [3.8, 4) is 0 Å². The second-order valence-electron chi connectivity index (χ2n) is 13.3. The van der Waals surface area contributed by atoms with E-state index in [1.807, 2.05) is 0 Å². The van der Waals surface area contributed by atoms with Crippen LogP contribution in [-0.2, 0) is 6.54 Å². The van der Waals surface area contributed by atoms with Gasteiger partial charge in [0.1, 0.15) is 0 Å². The lowest BCUT2D eigenvalue weighted by Gasteiger charge is -2.57. The summed E-state index contributed by atoms with van der Waals surface area (Å²) in [5.74, 6) is 9.25. The van der Waals surface area contributed by atoms with Crippen molar-refractivity contribution in [1.82, 2.24) is 9.78 Å². The lowest BCUT2D eigenvalue weighted by molar-refractivity contribution is -0.0818. The van der Waals surface area contributed by atoms with Crippen molar-refractivity contribution in [3.63, 3.8) is 0 Å². The van der Waals surface area contributed by atoms with Crippen molar-refractivity contribution in [2.75, 3.05) is 0 Å². The van der Waals surface area contributed by atoms with E-state index >= 15 is 0 Å². The first kappa shape index (κ1) is 22.0. The normalized spacial score (nSPS) is 45.8. The van der Waals surface area contributed by atoms with Crippen molar-refractivity contribution < 1.29 is 0 Å². The van der Waals surface area contributed by atoms with Crippen LogP contribution < -0.4 is 0 Å². The molecule has 0 aliphatic heterocycles. The lowest BCUT2D eigenvalue weighted by Crippen LogP contribution is -2.50. The molecule has 0 spiro atoms. The third kappa shape index (κ3) is 3.72. The Balaban J connectivity index is 1.32. The van der Waals surface area contributed by atoms with Gasteiger partial charge >= 0.3 is 0 Å². The molecule has 174 valence electrons. The van der Waals surface area contributed by atoms with Gasteiger partial charge in [0.2, 0.25) is 0 Å². The molecule has 4 fully saturated rings. The molecule has 0 bridgehead atoms. The third-order valence-corrected chi connectivity index (χ3v) is 11.1. The van der Waals surface area contributed by atoms with E-state index in [2.05, 4.69) is 58.6 Å². The molecule has 5 rings (SSSR count). The first-order chi connectivity index (χ1) is 14.8. The maximum Gasteiger partial charge on any atom is 0.0524 e. The zero-order valence-corrected chi connectivity index (χ0v) is 21.2. The Morgan fingerprint density at radius 1 is 1.00 bits per heavy atom. The van der Waals surface area contributed by atoms with E-state index in [9.17, 15) is 0 Å². The lowest BCUT2D eigenvalue weighted by atomic mass is 9.48. The van der Waals surface area contributed by atoms with Crippen LogP contribution in [0.3, 0.4) is 0 Å². The van der Waals surface area contributed by atoms with Crippen LogP contribution in [0.15, 0.2) is 12.4 Å². The average molecular weight is 425 g/mol. The molecule has 4 saturated carbocycles. The molecule has 2 heteroatoms. The van der Waals surface area contributed by atoms with Crippen molar-refractivity contribution in [2.45, 2.75) is 105 Å². The highest BCUT2D eigenvalue weighted by Gasteiger charge is 2.59. The summed E-state index contributed by atoms with van der Waals surface area (Å²) in [4.78, 5) is 0. The third-order valence-electron chi connectivity index (χ3n) is 11.1. The van der Waals surface area contributed by atoms with Gasteiger partial charge in [0.25, 0.3) is 0 Å². The van der Waals surface area contributed by atoms with E-state index in [-0.39, 0.29) is 0 Å². The van der Waals surface area contributed by atoms with Gasteiger partial charge in [-0.2, -0.15) is 5.10 Å². The summed E-state index contributed by atoms with van der Waals surface area (Å²) in [6.07, 6.45) is 16.5. The highest BCUT2D eigenvalue weighted by Crippen LogP contribution is 2.67. The van der Waals surface area contributed by atoms with Crippen LogP contribution >= 0.6 is 0 Å². The Kier molecular flexibility index (Phi) is 5.83. The van der Waals surface area contributed by atoms with Crippen molar-refractivity contribution in [1.29, 1.82) is 0 Å². The average Bonchev–Trinajstić information content (AvgIpc) is 3.30. The number of hydrogen-bond donors (Lipinski definition) is 0. The van der Waals surface area contributed by atoms with E-state index in [1.54, 1.807) is 19.3 Å². The fourth-order valence-corrected chi connectivity index (χ4v) is 9.77. The molecule has 4 aliphatic rings. The molecule has 1 aromatic rings. The summed E-state index contributed by atoms with van der Waals surface area (Å²) >= 11 is 0. The Morgan fingerprint density at radius 2 is 1.77 bits per heavy atom. The van der Waals surface area contributed by atoms with Crippen molar-refractivity contribution in [3.05, 3.63) is 18.0 Å². The van der Waals surface area contributed by atoms with E-state index in [1.165, 1.54) is 37.7 Å². The van der Waals surface area contributed by atoms with Crippen LogP contribution in [-0.4, -0.2) is 9.78 Å². The van der Waals surface area contributed by atoms with Gasteiger partial charge in [-0.3, -0.25) is 4.68 Å². The monoisotopic (exact) mass is 424 g/mol. The van der Waals surface area contributed by atoms with Crippen LogP contribution in [0.5, 0.6) is 0 Å². The second kappa shape index (κ2) is 8.21. The second-order valence-corrected chi connectivity index (χ2v) is 13.3. The summed E-state index contributed by atoms with van der Waals surface area (Å²) in [6.45, 7) is 16.0. The molecule has 1 heterocycles. The number of aromatic nitrogens is 2. The maximum atomic E-state index is 4.73. The number of hydrogen-bond acceptors (Lipinski definition) is 1. The van der Waals surface area contributed by atoms with Crippen LogP contribution in [0.4, 0.5) is 0 Å². The van der Waals surface area contributed by atoms with E-state index in [0.29, 0.717) is 11.3 Å². The Bertz CT molecular complexity index is 765. The number of nitrogens with zero attached hydrogens (tertiary/aromatic N) is 2. The molecule has 31 heavy (non-hydrogen) atoms. The number of rotatable bonds is 4. The SMILES string of the molecule is CC1CCC2C(CCC3C2CCC2(C)C(C(C)Cn4cc(C(C)C)cn4)CC(C)C32)C1. The molecular formula is C29H48N2. The molecular weight excluding hydrogens is 376 g/mol. The van der Waals surface area contributed by atoms with Crippen LogP contribution in [0.2, 0.25) is 0 Å². The summed E-state index contributed by atoms with van der Waals surface area (Å²) in [5, 5.41) is 4.73. The van der Waals surface area contributed by atoms with E-state index in [0.717, 1.165) is 59.8 Å². The Labute approximate surface area is 192 Å². The van der Waals surface area contributed by atoms with Gasteiger partial charge in [0.05, 0.1) is 6.20 Å². The van der Waals surface area contributed by atoms with Gasteiger partial charge in [0, 0.05) is 12.7 Å². The molecule has 2 nitrogen and oxygen atoms in total. The minimum atomic E-state index is 0.558. The minimum Gasteiger partial charge on any atom is -0.272 e. The minimum absolute atomic E-state index is 0.558. The fraction of sp³-hybridized carbons (Fsp3) is 0.897. The van der Waals surface area contributed by atoms with Crippen LogP contribution in [0.1, 0.15) is 104 Å². The topological polar surface area (TPSA) is 17.8 Å². The Morgan fingerprint density at radius 3 is 2.52 bits per heavy atom. The van der Waals surface area contributed by atoms with Gasteiger partial charge < -0.3 is 0 Å². The first-order valence-electron chi connectivity index (χ1n) is 13.8. The molecule has 0 aromatic carbocycles. The predicted molar refractivity (Wildman–Crippen MR) is 130 cm³/mol. The molecule has 1 aromatic heterocycles. The van der Waals surface area contributed by atoms with E-state index < -0.39 is 0 Å². The highest BCUT2D eigenvalue weighted by molar-refractivity contribution is 5.10. The number of fused-ring (bicyclic) bond motifs is 5. The molecule has 0 amide bonds. The quantitative estimate of drug-likeness (QED) is 0.482. The van der Waals surface area contributed by atoms with Gasteiger partial charge in [0.15, 0.2) is 0 Å². The summed E-state index contributed by atoms with van der Waals surface area (Å²) < 4.78 is 2.25.